The molecule has 1 aliphatic rings. The minimum atomic E-state index is -0.956. The van der Waals surface area contributed by atoms with Gasteiger partial charge in [0.1, 0.15) is 11.1 Å². The number of nitrogens with zero attached hydrogens (tertiary/aromatic N) is 3. The minimum absolute atomic E-state index is 0.618. The molecule has 0 aliphatic heterocycles. The summed E-state index contributed by atoms with van der Waals surface area (Å²) in [4.78, 5) is 11.4. The van der Waals surface area contributed by atoms with E-state index in [1.165, 1.54) is 46.5 Å². The first-order valence-corrected chi connectivity index (χ1v) is 9.58. The van der Waals surface area contributed by atoms with Crippen molar-refractivity contribution in [1.82, 2.24) is 14.8 Å². The molecule has 26 heavy (non-hydrogen) atoms. The van der Waals surface area contributed by atoms with Crippen LogP contribution in [0.5, 0.6) is 0 Å². The van der Waals surface area contributed by atoms with Crippen LogP contribution in [-0.4, -0.2) is 30.6 Å². The van der Waals surface area contributed by atoms with Gasteiger partial charge in [-0.3, -0.25) is 4.79 Å². The van der Waals surface area contributed by atoms with Gasteiger partial charge in [0.25, 0.3) is 0 Å². The number of rotatable bonds is 6. The van der Waals surface area contributed by atoms with E-state index in [1.54, 1.807) is 20.2 Å². The zero-order valence-electron chi connectivity index (χ0n) is 14.8. The lowest BCUT2D eigenvalue weighted by Gasteiger charge is -2.18. The second-order valence-corrected chi connectivity index (χ2v) is 8.88. The van der Waals surface area contributed by atoms with Crippen molar-refractivity contribution in [3.05, 3.63) is 53.9 Å². The third kappa shape index (κ3) is 3.21. The fraction of sp³-hybridized carbons (Fsp3) is 0.350. The Morgan fingerprint density at radius 1 is 1.23 bits per heavy atom. The van der Waals surface area contributed by atoms with Gasteiger partial charge in [-0.25, -0.2) is 0 Å². The predicted molar refractivity (Wildman–Crippen MR) is 103 cm³/mol. The highest BCUT2D eigenvalue weighted by Crippen LogP contribution is 2.43. The summed E-state index contributed by atoms with van der Waals surface area (Å²) < 4.78 is 0.969. The Balaban J connectivity index is 1.68. The SMILES string of the molecule is CC(C)(Sc1nncn1Cc1ccc(C2CC2)c2ccccc12)C(=O)O. The molecular weight excluding hydrogens is 346 g/mol. The number of thioether (sulfide) groups is 1. The Bertz CT molecular complexity index is 976. The molecule has 0 amide bonds. The molecule has 0 bridgehead atoms. The number of fused-ring (bicyclic) bond motifs is 1. The van der Waals surface area contributed by atoms with Crippen molar-refractivity contribution in [2.75, 3.05) is 0 Å². The van der Waals surface area contributed by atoms with E-state index >= 15 is 0 Å². The molecule has 4 rings (SSSR count). The fourth-order valence-corrected chi connectivity index (χ4v) is 4.02. The van der Waals surface area contributed by atoms with Crippen LogP contribution in [0, 0.1) is 0 Å². The van der Waals surface area contributed by atoms with Crippen molar-refractivity contribution >= 4 is 28.5 Å². The van der Waals surface area contributed by atoms with E-state index in [2.05, 4.69) is 46.6 Å². The number of carbonyl (C=O) groups is 1. The first-order chi connectivity index (χ1) is 12.5. The number of carboxylic acid groups (broad SMARTS) is 1. The Labute approximate surface area is 156 Å². The summed E-state index contributed by atoms with van der Waals surface area (Å²) in [6, 6.07) is 12.9. The molecule has 5 nitrogen and oxygen atoms in total. The van der Waals surface area contributed by atoms with Gasteiger partial charge in [-0.15, -0.1) is 10.2 Å². The van der Waals surface area contributed by atoms with Gasteiger partial charge in [0, 0.05) is 0 Å². The average Bonchev–Trinajstić information content (AvgIpc) is 3.37. The molecule has 0 spiro atoms. The van der Waals surface area contributed by atoms with Crippen LogP contribution in [-0.2, 0) is 11.3 Å². The van der Waals surface area contributed by atoms with Crippen LogP contribution in [0.25, 0.3) is 10.8 Å². The molecule has 0 radical (unpaired) electrons. The first-order valence-electron chi connectivity index (χ1n) is 8.76. The third-order valence-electron chi connectivity index (χ3n) is 4.85. The molecule has 6 heteroatoms. The molecule has 1 aromatic heterocycles. The smallest absolute Gasteiger partial charge is 0.319 e. The maximum atomic E-state index is 11.4. The summed E-state index contributed by atoms with van der Waals surface area (Å²) in [5.74, 6) is -0.164. The lowest BCUT2D eigenvalue weighted by Crippen LogP contribution is -2.27. The lowest BCUT2D eigenvalue weighted by molar-refractivity contribution is -0.138. The monoisotopic (exact) mass is 367 g/mol. The molecular formula is C20H21N3O2S. The number of aromatic nitrogens is 3. The summed E-state index contributed by atoms with van der Waals surface area (Å²) in [5.41, 5.74) is 2.63. The van der Waals surface area contributed by atoms with Crippen LogP contribution >= 0.6 is 11.8 Å². The van der Waals surface area contributed by atoms with Crippen molar-refractivity contribution in [2.45, 2.75) is 49.1 Å². The average molecular weight is 367 g/mol. The maximum Gasteiger partial charge on any atom is 0.319 e. The quantitative estimate of drug-likeness (QED) is 0.658. The highest BCUT2D eigenvalue weighted by atomic mass is 32.2. The van der Waals surface area contributed by atoms with Crippen molar-refractivity contribution in [1.29, 1.82) is 0 Å². The van der Waals surface area contributed by atoms with Gasteiger partial charge >= 0.3 is 5.97 Å². The molecule has 1 saturated carbocycles. The molecule has 0 saturated heterocycles. The number of hydrogen-bond acceptors (Lipinski definition) is 4. The fourth-order valence-electron chi connectivity index (χ4n) is 3.16. The standard InChI is InChI=1S/C20H21N3O2S/c1-20(2,18(24)25)26-19-22-21-12-23(19)11-14-9-10-16(13-7-8-13)17-6-4-3-5-15(14)17/h3-6,9-10,12-13H,7-8,11H2,1-2H3,(H,24,25). The van der Waals surface area contributed by atoms with E-state index in [0.717, 1.165) is 0 Å². The summed E-state index contributed by atoms with van der Waals surface area (Å²) in [6.45, 7) is 3.98. The largest absolute Gasteiger partial charge is 0.480 e. The van der Waals surface area contributed by atoms with Crippen LogP contribution in [0.2, 0.25) is 0 Å². The summed E-state index contributed by atoms with van der Waals surface area (Å²) in [5, 5.41) is 20.7. The van der Waals surface area contributed by atoms with Crippen LogP contribution in [0.15, 0.2) is 47.9 Å². The van der Waals surface area contributed by atoms with Crippen LogP contribution < -0.4 is 0 Å². The third-order valence-corrected chi connectivity index (χ3v) is 6.03. The molecule has 0 atom stereocenters. The second-order valence-electron chi connectivity index (χ2n) is 7.29. The Hall–Kier alpha value is -2.34. The summed E-state index contributed by atoms with van der Waals surface area (Å²) in [6.07, 6.45) is 4.23. The van der Waals surface area contributed by atoms with E-state index in [9.17, 15) is 9.90 Å². The van der Waals surface area contributed by atoms with Crippen molar-refractivity contribution in [3.63, 3.8) is 0 Å². The van der Waals surface area contributed by atoms with E-state index in [-0.39, 0.29) is 0 Å². The van der Waals surface area contributed by atoms with E-state index < -0.39 is 10.7 Å². The molecule has 2 aromatic carbocycles. The van der Waals surface area contributed by atoms with Gasteiger partial charge in [0.15, 0.2) is 5.16 Å². The molecule has 1 heterocycles. The molecule has 0 unspecified atom stereocenters. The normalized spacial score (nSPS) is 14.7. The Morgan fingerprint density at radius 2 is 1.96 bits per heavy atom. The van der Waals surface area contributed by atoms with Crippen molar-refractivity contribution in [2.24, 2.45) is 0 Å². The van der Waals surface area contributed by atoms with Gasteiger partial charge in [-0.1, -0.05) is 48.2 Å². The minimum Gasteiger partial charge on any atom is -0.480 e. The Kier molecular flexibility index (Phi) is 4.23. The van der Waals surface area contributed by atoms with Crippen LogP contribution in [0.3, 0.4) is 0 Å². The van der Waals surface area contributed by atoms with Crippen molar-refractivity contribution < 1.29 is 9.90 Å². The summed E-state index contributed by atoms with van der Waals surface area (Å²) in [7, 11) is 0. The van der Waals surface area contributed by atoms with Gasteiger partial charge < -0.3 is 9.67 Å². The molecule has 1 fully saturated rings. The molecule has 3 aromatic rings. The van der Waals surface area contributed by atoms with E-state index in [0.29, 0.717) is 17.6 Å². The van der Waals surface area contributed by atoms with Crippen LogP contribution in [0.4, 0.5) is 0 Å². The first kappa shape index (κ1) is 17.1. The van der Waals surface area contributed by atoms with Gasteiger partial charge in [0.2, 0.25) is 0 Å². The van der Waals surface area contributed by atoms with Gasteiger partial charge in [0.05, 0.1) is 6.54 Å². The highest BCUT2D eigenvalue weighted by Gasteiger charge is 2.31. The zero-order chi connectivity index (χ0) is 18.3. The number of hydrogen-bond donors (Lipinski definition) is 1. The topological polar surface area (TPSA) is 68.0 Å². The van der Waals surface area contributed by atoms with E-state index in [1.807, 2.05) is 4.57 Å². The van der Waals surface area contributed by atoms with Gasteiger partial charge in [-0.2, -0.15) is 0 Å². The predicted octanol–water partition coefficient (Wildman–Crippen LogP) is 4.31. The molecule has 1 aliphatic carbocycles. The maximum absolute atomic E-state index is 11.4. The van der Waals surface area contributed by atoms with Crippen LogP contribution in [0.1, 0.15) is 43.7 Å². The molecule has 1 N–H and O–H groups in total. The lowest BCUT2D eigenvalue weighted by atomic mass is 9.97. The van der Waals surface area contributed by atoms with E-state index in [4.69, 9.17) is 0 Å². The Morgan fingerprint density at radius 3 is 2.65 bits per heavy atom. The second kappa shape index (κ2) is 6.43. The number of benzene rings is 2. The number of carboxylic acids is 1. The zero-order valence-corrected chi connectivity index (χ0v) is 15.7. The summed E-state index contributed by atoms with van der Waals surface area (Å²) >= 11 is 1.22. The number of aliphatic carboxylic acids is 1. The molecule has 134 valence electrons. The van der Waals surface area contributed by atoms with Gasteiger partial charge in [-0.05, 0) is 54.5 Å². The highest BCUT2D eigenvalue weighted by molar-refractivity contribution is 8.01. The van der Waals surface area contributed by atoms with Crippen molar-refractivity contribution in [3.8, 4) is 0 Å².